The molecule has 0 radical (unpaired) electrons. The quantitative estimate of drug-likeness (QED) is 0.327. The summed E-state index contributed by atoms with van der Waals surface area (Å²) in [5, 5.41) is 9.44. The number of carboxylic acid groups (broad SMARTS) is 1. The van der Waals surface area contributed by atoms with Gasteiger partial charge in [0.1, 0.15) is 6.04 Å². The maximum atomic E-state index is 12.7. The van der Waals surface area contributed by atoms with Gasteiger partial charge in [0.05, 0.1) is 41.2 Å². The molecular weight excluding hydrogens is 444 g/mol. The lowest BCUT2D eigenvalue weighted by atomic mass is 10.1. The number of nitrogens with zero attached hydrogens (tertiary/aromatic N) is 2. The molecule has 0 saturated carbocycles. The zero-order valence-electron chi connectivity index (χ0n) is 17.5. The molecule has 0 spiro atoms. The summed E-state index contributed by atoms with van der Waals surface area (Å²) < 4.78 is 33.1. The molecule has 1 atom stereocenters. The average molecular weight is 467 g/mol. The van der Waals surface area contributed by atoms with Crippen LogP contribution in [0.4, 0.5) is 0 Å². The van der Waals surface area contributed by atoms with E-state index >= 15 is 0 Å². The molecule has 0 aliphatic rings. The molecule has 0 saturated heterocycles. The van der Waals surface area contributed by atoms with E-state index in [1.807, 2.05) is 30.3 Å². The Morgan fingerprint density at radius 3 is 2.52 bits per heavy atom. The number of aliphatic carboxylic acids is 1. The fourth-order valence-electron chi connectivity index (χ4n) is 3.32. The molecule has 0 fully saturated rings. The van der Waals surface area contributed by atoms with Gasteiger partial charge in [0.2, 0.25) is 10.0 Å². The maximum absolute atomic E-state index is 12.7. The highest BCUT2D eigenvalue weighted by atomic mass is 32.2. The molecule has 2 aromatic carbocycles. The predicted octanol–water partition coefficient (Wildman–Crippen LogP) is 2.50. The summed E-state index contributed by atoms with van der Waals surface area (Å²) in [6.45, 7) is -0.125. The molecule has 10 heteroatoms. The summed E-state index contributed by atoms with van der Waals surface area (Å²) >= 11 is 0. The van der Waals surface area contributed by atoms with Gasteiger partial charge >= 0.3 is 5.97 Å². The van der Waals surface area contributed by atoms with Gasteiger partial charge in [0, 0.05) is 12.6 Å². The number of aromatic nitrogens is 3. The number of pyridine rings is 1. The Balaban J connectivity index is 1.41. The van der Waals surface area contributed by atoms with Gasteiger partial charge in [-0.2, -0.15) is 4.72 Å². The highest BCUT2D eigenvalue weighted by molar-refractivity contribution is 7.89. The minimum atomic E-state index is -4.06. The number of carboxylic acids is 1. The molecule has 0 unspecified atom stereocenters. The number of aromatic amines is 1. The van der Waals surface area contributed by atoms with E-state index in [0.717, 1.165) is 27.9 Å². The van der Waals surface area contributed by atoms with E-state index in [4.69, 9.17) is 4.74 Å². The number of fused-ring (bicyclic) bond motifs is 1. The summed E-state index contributed by atoms with van der Waals surface area (Å²) in [6, 6.07) is 15.8. The first-order valence-electron chi connectivity index (χ1n) is 10.1. The van der Waals surface area contributed by atoms with Gasteiger partial charge in [0.15, 0.2) is 0 Å². The first kappa shape index (κ1) is 22.6. The summed E-state index contributed by atoms with van der Waals surface area (Å²) in [6.07, 6.45) is 3.76. The fourth-order valence-corrected chi connectivity index (χ4v) is 4.49. The van der Waals surface area contributed by atoms with Crippen molar-refractivity contribution in [3.63, 3.8) is 0 Å². The molecule has 0 aliphatic carbocycles. The van der Waals surface area contributed by atoms with E-state index in [-0.39, 0.29) is 18.1 Å². The van der Waals surface area contributed by atoms with Crippen LogP contribution in [0.25, 0.3) is 11.0 Å². The van der Waals surface area contributed by atoms with Crippen LogP contribution in [0, 0.1) is 0 Å². The minimum absolute atomic E-state index is 0.0340. The van der Waals surface area contributed by atoms with Crippen LogP contribution in [0.1, 0.15) is 16.8 Å². The lowest BCUT2D eigenvalue weighted by Crippen LogP contribution is -2.43. The average Bonchev–Trinajstić information content (AvgIpc) is 3.29. The van der Waals surface area contributed by atoms with Crippen molar-refractivity contribution >= 4 is 27.0 Å². The van der Waals surface area contributed by atoms with Gasteiger partial charge in [-0.15, -0.1) is 0 Å². The maximum Gasteiger partial charge on any atom is 0.324 e. The number of hydrogen-bond donors (Lipinski definition) is 3. The molecule has 9 nitrogen and oxygen atoms in total. The Bertz CT molecular complexity index is 1340. The normalized spacial score (nSPS) is 12.6. The second-order valence-corrected chi connectivity index (χ2v) is 9.10. The standard InChI is InChI=1S/C23H22N4O5S/c28-23(29)21(14-32-13-17-4-2-1-3-5-17)27-33(30,31)18-8-6-16(7-9-18)12-20-22-19(10-11-24-20)25-15-26-22/h1-11,15,21,27H,12-14H2,(H,25,26)(H,28,29)/t21-/m0/s1. The van der Waals surface area contributed by atoms with Crippen LogP contribution in [-0.2, 0) is 32.6 Å². The summed E-state index contributed by atoms with van der Waals surface area (Å²) in [4.78, 5) is 23.2. The van der Waals surface area contributed by atoms with Gasteiger partial charge in [-0.3, -0.25) is 9.78 Å². The third-order valence-corrected chi connectivity index (χ3v) is 6.50. The van der Waals surface area contributed by atoms with E-state index in [0.29, 0.717) is 6.42 Å². The number of sulfonamides is 1. The molecule has 3 N–H and O–H groups in total. The number of rotatable bonds is 10. The van der Waals surface area contributed by atoms with Crippen molar-refractivity contribution in [2.45, 2.75) is 24.0 Å². The molecule has 4 aromatic rings. The lowest BCUT2D eigenvalue weighted by molar-refractivity contribution is -0.140. The number of benzene rings is 2. The first-order chi connectivity index (χ1) is 15.9. The smallest absolute Gasteiger partial charge is 0.324 e. The van der Waals surface area contributed by atoms with E-state index in [9.17, 15) is 18.3 Å². The van der Waals surface area contributed by atoms with Gasteiger partial charge in [-0.05, 0) is 29.3 Å². The van der Waals surface area contributed by atoms with Gasteiger partial charge in [0.25, 0.3) is 0 Å². The van der Waals surface area contributed by atoms with E-state index < -0.39 is 22.0 Å². The predicted molar refractivity (Wildman–Crippen MR) is 121 cm³/mol. The molecular formula is C23H22N4O5S. The Kier molecular flexibility index (Phi) is 6.78. The Morgan fingerprint density at radius 1 is 1.03 bits per heavy atom. The third-order valence-electron chi connectivity index (χ3n) is 5.02. The van der Waals surface area contributed by atoms with Crippen molar-refractivity contribution in [1.82, 2.24) is 19.7 Å². The molecule has 2 aromatic heterocycles. The van der Waals surface area contributed by atoms with Crippen molar-refractivity contribution in [1.29, 1.82) is 0 Å². The number of ether oxygens (including phenoxy) is 1. The number of imidazole rings is 1. The monoisotopic (exact) mass is 466 g/mol. The second kappa shape index (κ2) is 9.90. The summed E-state index contributed by atoms with van der Waals surface area (Å²) in [7, 11) is -4.06. The molecule has 170 valence electrons. The Morgan fingerprint density at radius 2 is 1.79 bits per heavy atom. The minimum Gasteiger partial charge on any atom is -0.480 e. The van der Waals surface area contributed by atoms with Crippen LogP contribution in [0.5, 0.6) is 0 Å². The molecule has 0 amide bonds. The molecule has 33 heavy (non-hydrogen) atoms. The van der Waals surface area contributed by atoms with Crippen LogP contribution in [0.3, 0.4) is 0 Å². The summed E-state index contributed by atoms with van der Waals surface area (Å²) in [5.41, 5.74) is 4.14. The lowest BCUT2D eigenvalue weighted by Gasteiger charge is -2.15. The van der Waals surface area contributed by atoms with Crippen molar-refractivity contribution in [2.75, 3.05) is 6.61 Å². The van der Waals surface area contributed by atoms with E-state index in [1.165, 1.54) is 12.1 Å². The molecule has 0 aliphatic heterocycles. The van der Waals surface area contributed by atoms with E-state index in [2.05, 4.69) is 19.7 Å². The van der Waals surface area contributed by atoms with Crippen molar-refractivity contribution in [3.8, 4) is 0 Å². The van der Waals surface area contributed by atoms with Crippen molar-refractivity contribution < 1.29 is 23.1 Å². The zero-order chi connectivity index (χ0) is 23.3. The zero-order valence-corrected chi connectivity index (χ0v) is 18.3. The van der Waals surface area contributed by atoms with Gasteiger partial charge in [-0.1, -0.05) is 42.5 Å². The van der Waals surface area contributed by atoms with Gasteiger partial charge in [-0.25, -0.2) is 13.4 Å². The number of hydrogen-bond acceptors (Lipinski definition) is 6. The van der Waals surface area contributed by atoms with Crippen LogP contribution in [-0.4, -0.2) is 47.1 Å². The number of carbonyl (C=O) groups is 1. The van der Waals surface area contributed by atoms with Crippen LogP contribution in [0.2, 0.25) is 0 Å². The highest BCUT2D eigenvalue weighted by Gasteiger charge is 2.25. The first-order valence-corrected chi connectivity index (χ1v) is 11.6. The SMILES string of the molecule is O=C(O)[C@H](COCc1ccccc1)NS(=O)(=O)c1ccc(Cc2nccc3nc[nH]c23)cc1. The van der Waals surface area contributed by atoms with Gasteiger partial charge < -0.3 is 14.8 Å². The second-order valence-electron chi connectivity index (χ2n) is 7.39. The Labute approximate surface area is 190 Å². The largest absolute Gasteiger partial charge is 0.480 e. The fraction of sp³-hybridized carbons (Fsp3) is 0.174. The van der Waals surface area contributed by atoms with E-state index in [1.54, 1.807) is 30.7 Å². The van der Waals surface area contributed by atoms with Crippen LogP contribution in [0.15, 0.2) is 78.1 Å². The highest BCUT2D eigenvalue weighted by Crippen LogP contribution is 2.18. The molecule has 2 heterocycles. The molecule has 4 rings (SSSR count). The number of H-pyrrole nitrogens is 1. The number of nitrogens with one attached hydrogen (secondary N) is 2. The van der Waals surface area contributed by atoms with Crippen molar-refractivity contribution in [3.05, 3.63) is 90.0 Å². The van der Waals surface area contributed by atoms with Crippen LogP contribution < -0.4 is 4.72 Å². The topological polar surface area (TPSA) is 134 Å². The van der Waals surface area contributed by atoms with Crippen molar-refractivity contribution in [2.24, 2.45) is 0 Å². The molecule has 0 bridgehead atoms. The third kappa shape index (κ3) is 5.61. The van der Waals surface area contributed by atoms with Crippen LogP contribution >= 0.6 is 0 Å². The summed E-state index contributed by atoms with van der Waals surface area (Å²) in [5.74, 6) is -1.32. The Hall–Kier alpha value is -3.60.